The van der Waals surface area contributed by atoms with Gasteiger partial charge in [-0.3, -0.25) is 4.79 Å². The van der Waals surface area contributed by atoms with Crippen LogP contribution < -0.4 is 10.1 Å². The number of anilines is 1. The van der Waals surface area contributed by atoms with Gasteiger partial charge in [-0.05, 0) is 24.3 Å². The third-order valence-electron chi connectivity index (χ3n) is 2.83. The molecule has 0 atom stereocenters. The number of carbonyl (C=O) groups excluding carboxylic acids is 1. The van der Waals surface area contributed by atoms with Gasteiger partial charge in [0.2, 0.25) is 0 Å². The van der Waals surface area contributed by atoms with E-state index in [1.807, 2.05) is 0 Å². The average molecular weight is 306 g/mol. The Bertz CT molecular complexity index is 700. The maximum atomic E-state index is 12.3. The van der Waals surface area contributed by atoms with Gasteiger partial charge >= 0.3 is 5.97 Å². The minimum Gasteiger partial charge on any atom is -0.496 e. The molecule has 5 nitrogen and oxygen atoms in total. The predicted molar refractivity (Wildman–Crippen MR) is 79.4 cm³/mol. The Hall–Kier alpha value is -2.53. The number of aromatic carboxylic acids is 1. The highest BCUT2D eigenvalue weighted by atomic mass is 35.5. The van der Waals surface area contributed by atoms with E-state index in [-0.39, 0.29) is 21.8 Å². The highest BCUT2D eigenvalue weighted by Gasteiger charge is 2.18. The molecule has 0 radical (unpaired) electrons. The molecular weight excluding hydrogens is 294 g/mol. The summed E-state index contributed by atoms with van der Waals surface area (Å²) in [5, 5.41) is 11.8. The number of halogens is 1. The van der Waals surface area contributed by atoms with Crippen molar-refractivity contribution in [2.75, 3.05) is 12.4 Å². The van der Waals surface area contributed by atoms with Crippen molar-refractivity contribution in [3.05, 3.63) is 58.6 Å². The molecule has 6 heteroatoms. The predicted octanol–water partition coefficient (Wildman–Crippen LogP) is 3.30. The van der Waals surface area contributed by atoms with Crippen LogP contribution in [0.2, 0.25) is 5.02 Å². The van der Waals surface area contributed by atoms with Crippen LogP contribution in [0.25, 0.3) is 0 Å². The van der Waals surface area contributed by atoms with Crippen molar-refractivity contribution in [1.29, 1.82) is 0 Å². The zero-order valence-corrected chi connectivity index (χ0v) is 11.8. The SMILES string of the molecule is COc1ccccc1C(=O)Nc1c(Cl)cccc1C(=O)O. The summed E-state index contributed by atoms with van der Waals surface area (Å²) in [6, 6.07) is 11.0. The normalized spacial score (nSPS) is 10.0. The first-order valence-electron chi connectivity index (χ1n) is 6.00. The van der Waals surface area contributed by atoms with Gasteiger partial charge in [-0.2, -0.15) is 0 Å². The van der Waals surface area contributed by atoms with Crippen molar-refractivity contribution in [3.8, 4) is 5.75 Å². The molecular formula is C15H12ClNO4. The fraction of sp³-hybridized carbons (Fsp3) is 0.0667. The molecule has 2 rings (SSSR count). The summed E-state index contributed by atoms with van der Waals surface area (Å²) in [7, 11) is 1.45. The van der Waals surface area contributed by atoms with Crippen LogP contribution in [0, 0.1) is 0 Å². The molecule has 0 aliphatic rings. The quantitative estimate of drug-likeness (QED) is 0.908. The molecule has 0 aliphatic heterocycles. The Morgan fingerprint density at radius 1 is 1.10 bits per heavy atom. The first kappa shape index (κ1) is 14.9. The third-order valence-corrected chi connectivity index (χ3v) is 3.15. The number of carbonyl (C=O) groups is 2. The highest BCUT2D eigenvalue weighted by Crippen LogP contribution is 2.27. The number of hydrogen-bond acceptors (Lipinski definition) is 3. The Kier molecular flexibility index (Phi) is 4.45. The van der Waals surface area contributed by atoms with Crippen LogP contribution in [-0.4, -0.2) is 24.1 Å². The van der Waals surface area contributed by atoms with Gasteiger partial charge < -0.3 is 15.2 Å². The largest absolute Gasteiger partial charge is 0.496 e. The lowest BCUT2D eigenvalue weighted by molar-refractivity contribution is 0.0698. The molecule has 21 heavy (non-hydrogen) atoms. The van der Waals surface area contributed by atoms with Gasteiger partial charge in [0.15, 0.2) is 0 Å². The highest BCUT2D eigenvalue weighted by molar-refractivity contribution is 6.35. The number of benzene rings is 2. The number of para-hydroxylation sites is 2. The Balaban J connectivity index is 2.38. The number of ether oxygens (including phenoxy) is 1. The minimum absolute atomic E-state index is 0.0579. The molecule has 108 valence electrons. The van der Waals surface area contributed by atoms with E-state index in [1.165, 1.54) is 25.3 Å². The second-order valence-electron chi connectivity index (χ2n) is 4.12. The molecule has 2 aromatic carbocycles. The van der Waals surface area contributed by atoms with E-state index < -0.39 is 11.9 Å². The summed E-state index contributed by atoms with van der Waals surface area (Å²) in [6.07, 6.45) is 0. The smallest absolute Gasteiger partial charge is 0.337 e. The van der Waals surface area contributed by atoms with E-state index in [1.54, 1.807) is 24.3 Å². The van der Waals surface area contributed by atoms with Gasteiger partial charge in [-0.1, -0.05) is 29.8 Å². The zero-order valence-electron chi connectivity index (χ0n) is 11.1. The molecule has 2 aromatic rings. The van der Waals surface area contributed by atoms with Crippen LogP contribution >= 0.6 is 11.6 Å². The van der Waals surface area contributed by atoms with Crippen LogP contribution in [-0.2, 0) is 0 Å². The van der Waals surface area contributed by atoms with E-state index in [0.29, 0.717) is 5.75 Å². The van der Waals surface area contributed by atoms with Crippen molar-refractivity contribution in [3.63, 3.8) is 0 Å². The van der Waals surface area contributed by atoms with Gasteiger partial charge in [0.25, 0.3) is 5.91 Å². The molecule has 0 unspecified atom stereocenters. The molecule has 0 fully saturated rings. The van der Waals surface area contributed by atoms with Crippen LogP contribution in [0.4, 0.5) is 5.69 Å². The first-order chi connectivity index (χ1) is 10.0. The number of methoxy groups -OCH3 is 1. The molecule has 2 N–H and O–H groups in total. The molecule has 0 saturated carbocycles. The summed E-state index contributed by atoms with van der Waals surface area (Å²) < 4.78 is 5.10. The standard InChI is InChI=1S/C15H12ClNO4/c1-21-12-8-3-2-5-9(12)14(18)17-13-10(15(19)20)6-4-7-11(13)16/h2-8H,1H3,(H,17,18)(H,19,20). The summed E-state index contributed by atoms with van der Waals surface area (Å²) >= 11 is 5.97. The van der Waals surface area contributed by atoms with Crippen molar-refractivity contribution < 1.29 is 19.4 Å². The third kappa shape index (κ3) is 3.14. The Morgan fingerprint density at radius 2 is 1.76 bits per heavy atom. The topological polar surface area (TPSA) is 75.6 Å². The van der Waals surface area contributed by atoms with E-state index in [4.69, 9.17) is 21.4 Å². The lowest BCUT2D eigenvalue weighted by Gasteiger charge is -2.12. The van der Waals surface area contributed by atoms with Crippen molar-refractivity contribution in [2.45, 2.75) is 0 Å². The van der Waals surface area contributed by atoms with E-state index in [0.717, 1.165) is 0 Å². The van der Waals surface area contributed by atoms with Crippen LogP contribution in [0.15, 0.2) is 42.5 Å². The van der Waals surface area contributed by atoms with E-state index in [2.05, 4.69) is 5.32 Å². The fourth-order valence-electron chi connectivity index (χ4n) is 1.84. The summed E-state index contributed by atoms with van der Waals surface area (Å²) in [5.74, 6) is -1.28. The fourth-order valence-corrected chi connectivity index (χ4v) is 2.06. The van der Waals surface area contributed by atoms with Gasteiger partial charge in [-0.25, -0.2) is 4.79 Å². The van der Waals surface area contributed by atoms with Crippen LogP contribution in [0.1, 0.15) is 20.7 Å². The minimum atomic E-state index is -1.17. The molecule has 0 aliphatic carbocycles. The number of nitrogens with one attached hydrogen (secondary N) is 1. The number of hydrogen-bond donors (Lipinski definition) is 2. The monoisotopic (exact) mass is 305 g/mol. The van der Waals surface area contributed by atoms with E-state index >= 15 is 0 Å². The van der Waals surface area contributed by atoms with Gasteiger partial charge in [0.1, 0.15) is 5.75 Å². The Morgan fingerprint density at radius 3 is 2.43 bits per heavy atom. The maximum Gasteiger partial charge on any atom is 0.337 e. The summed E-state index contributed by atoms with van der Waals surface area (Å²) in [5.41, 5.74) is 0.268. The molecule has 1 amide bonds. The van der Waals surface area contributed by atoms with Crippen LogP contribution in [0.5, 0.6) is 5.75 Å². The lowest BCUT2D eigenvalue weighted by Crippen LogP contribution is -2.16. The van der Waals surface area contributed by atoms with Gasteiger partial charge in [0, 0.05) is 0 Å². The van der Waals surface area contributed by atoms with E-state index in [9.17, 15) is 9.59 Å². The lowest BCUT2D eigenvalue weighted by atomic mass is 10.1. The number of carboxylic acid groups (broad SMARTS) is 1. The molecule has 0 aromatic heterocycles. The number of rotatable bonds is 4. The second-order valence-corrected chi connectivity index (χ2v) is 4.53. The van der Waals surface area contributed by atoms with Gasteiger partial charge in [-0.15, -0.1) is 0 Å². The first-order valence-corrected chi connectivity index (χ1v) is 6.38. The van der Waals surface area contributed by atoms with Crippen LogP contribution in [0.3, 0.4) is 0 Å². The Labute approximate surface area is 126 Å². The second kappa shape index (κ2) is 6.28. The number of amides is 1. The number of carboxylic acids is 1. The van der Waals surface area contributed by atoms with Crippen molar-refractivity contribution in [2.24, 2.45) is 0 Å². The van der Waals surface area contributed by atoms with Crippen molar-refractivity contribution in [1.82, 2.24) is 0 Å². The molecule has 0 saturated heterocycles. The average Bonchev–Trinajstić information content (AvgIpc) is 2.48. The maximum absolute atomic E-state index is 12.3. The van der Waals surface area contributed by atoms with Gasteiger partial charge in [0.05, 0.1) is 28.9 Å². The molecule has 0 spiro atoms. The molecule has 0 heterocycles. The summed E-state index contributed by atoms with van der Waals surface area (Å²) in [4.78, 5) is 23.5. The zero-order chi connectivity index (χ0) is 15.4. The van der Waals surface area contributed by atoms with Crippen molar-refractivity contribution >= 4 is 29.2 Å². The molecule has 0 bridgehead atoms. The summed E-state index contributed by atoms with van der Waals surface area (Å²) in [6.45, 7) is 0.